The number of hydrogen-bond donors (Lipinski definition) is 1. The van der Waals surface area contributed by atoms with E-state index in [4.69, 9.17) is 4.74 Å². The Morgan fingerprint density at radius 3 is 2.38 bits per heavy atom. The van der Waals surface area contributed by atoms with Crippen molar-refractivity contribution in [1.82, 2.24) is 5.32 Å². The summed E-state index contributed by atoms with van der Waals surface area (Å²) in [5, 5.41) is 3.54. The van der Waals surface area contributed by atoms with E-state index < -0.39 is 0 Å². The van der Waals surface area contributed by atoms with Gasteiger partial charge in [0, 0.05) is 5.54 Å². The van der Waals surface area contributed by atoms with Gasteiger partial charge in [-0.25, -0.2) is 0 Å². The largest absolute Gasteiger partial charge is 0.359 e. The summed E-state index contributed by atoms with van der Waals surface area (Å²) in [6.45, 7) is 9.61. The molecule has 1 rings (SSSR count). The smallest absolute Gasteiger partial charge is 0.116 e. The van der Waals surface area contributed by atoms with Crippen LogP contribution >= 0.6 is 0 Å². The molecule has 0 amide bonds. The maximum absolute atomic E-state index is 5.79. The molecule has 78 valence electrons. The van der Waals surface area contributed by atoms with Gasteiger partial charge in [0.2, 0.25) is 0 Å². The van der Waals surface area contributed by atoms with E-state index in [1.165, 1.54) is 19.3 Å². The zero-order chi connectivity index (χ0) is 9.95. The van der Waals surface area contributed by atoms with Gasteiger partial charge in [0.15, 0.2) is 0 Å². The van der Waals surface area contributed by atoms with Gasteiger partial charge in [-0.1, -0.05) is 19.8 Å². The van der Waals surface area contributed by atoms with Gasteiger partial charge in [-0.15, -0.1) is 0 Å². The summed E-state index contributed by atoms with van der Waals surface area (Å²) in [5.41, 5.74) is 0.0830. The third-order valence-corrected chi connectivity index (χ3v) is 2.61. The lowest BCUT2D eigenvalue weighted by molar-refractivity contribution is -0.00264. The Morgan fingerprint density at radius 1 is 1.23 bits per heavy atom. The molecule has 0 unspecified atom stereocenters. The summed E-state index contributed by atoms with van der Waals surface area (Å²) >= 11 is 0. The van der Waals surface area contributed by atoms with Crippen molar-refractivity contribution in [2.45, 2.75) is 64.6 Å². The Kier molecular flexibility index (Phi) is 3.36. The number of unbranched alkanes of at least 4 members (excludes halogenated alkanes) is 2. The molecule has 1 fully saturated rings. The van der Waals surface area contributed by atoms with Crippen molar-refractivity contribution in [3.05, 3.63) is 0 Å². The minimum Gasteiger partial charge on any atom is -0.359 e. The lowest BCUT2D eigenvalue weighted by atomic mass is 10.0. The van der Waals surface area contributed by atoms with Crippen molar-refractivity contribution in [2.24, 2.45) is 0 Å². The second-order valence-electron chi connectivity index (χ2n) is 4.99. The third kappa shape index (κ3) is 3.28. The lowest BCUT2D eigenvalue weighted by Gasteiger charge is -2.26. The van der Waals surface area contributed by atoms with Crippen molar-refractivity contribution in [2.75, 3.05) is 6.61 Å². The van der Waals surface area contributed by atoms with Crippen molar-refractivity contribution >= 4 is 0 Å². The van der Waals surface area contributed by atoms with E-state index in [0.717, 1.165) is 13.0 Å². The fraction of sp³-hybridized carbons (Fsp3) is 1.00. The Hall–Kier alpha value is -0.0800. The van der Waals surface area contributed by atoms with Gasteiger partial charge >= 0.3 is 0 Å². The van der Waals surface area contributed by atoms with Gasteiger partial charge in [-0.2, -0.15) is 0 Å². The monoisotopic (exact) mass is 185 g/mol. The van der Waals surface area contributed by atoms with Crippen molar-refractivity contribution in [1.29, 1.82) is 0 Å². The molecule has 0 spiro atoms. The minimum atomic E-state index is -0.0708. The Balaban J connectivity index is 2.32. The average Bonchev–Trinajstić information content (AvgIpc) is 2.27. The van der Waals surface area contributed by atoms with E-state index in [1.807, 2.05) is 0 Å². The summed E-state index contributed by atoms with van der Waals surface area (Å²) in [4.78, 5) is 0. The molecule has 1 aliphatic rings. The highest BCUT2D eigenvalue weighted by Crippen LogP contribution is 2.27. The molecule has 0 aliphatic carbocycles. The zero-order valence-corrected chi connectivity index (χ0v) is 9.44. The molecular formula is C11H23NO. The maximum Gasteiger partial charge on any atom is 0.116 e. The number of rotatable bonds is 4. The second kappa shape index (κ2) is 3.97. The van der Waals surface area contributed by atoms with Crippen molar-refractivity contribution in [3.8, 4) is 0 Å². The first kappa shape index (κ1) is 11.0. The van der Waals surface area contributed by atoms with E-state index >= 15 is 0 Å². The quantitative estimate of drug-likeness (QED) is 0.680. The Bertz CT molecular complexity index is 167. The lowest BCUT2D eigenvalue weighted by Crippen LogP contribution is -2.46. The molecule has 1 N–H and O–H groups in total. The van der Waals surface area contributed by atoms with Crippen LogP contribution in [-0.2, 0) is 4.74 Å². The fourth-order valence-electron chi connectivity index (χ4n) is 1.97. The highest BCUT2D eigenvalue weighted by molar-refractivity contribution is 4.91. The third-order valence-electron chi connectivity index (χ3n) is 2.61. The first-order valence-corrected chi connectivity index (χ1v) is 5.41. The summed E-state index contributed by atoms with van der Waals surface area (Å²) in [5.74, 6) is 0. The summed E-state index contributed by atoms with van der Waals surface area (Å²) < 4.78 is 5.79. The van der Waals surface area contributed by atoms with Crippen LogP contribution < -0.4 is 5.32 Å². The van der Waals surface area contributed by atoms with E-state index in [2.05, 4.69) is 33.0 Å². The molecular weight excluding hydrogens is 162 g/mol. The predicted molar refractivity (Wildman–Crippen MR) is 55.7 cm³/mol. The maximum atomic E-state index is 5.79. The van der Waals surface area contributed by atoms with Crippen LogP contribution in [0.2, 0.25) is 0 Å². The summed E-state index contributed by atoms with van der Waals surface area (Å²) in [6.07, 6.45) is 4.97. The van der Waals surface area contributed by atoms with Crippen LogP contribution in [-0.4, -0.2) is 17.9 Å². The zero-order valence-electron chi connectivity index (χ0n) is 9.44. The topological polar surface area (TPSA) is 21.3 Å². The van der Waals surface area contributed by atoms with Crippen LogP contribution in [0.15, 0.2) is 0 Å². The van der Waals surface area contributed by atoms with Gasteiger partial charge < -0.3 is 4.74 Å². The predicted octanol–water partition coefficient (Wildman–Crippen LogP) is 2.68. The molecule has 0 aromatic carbocycles. The molecule has 1 saturated heterocycles. The molecule has 13 heavy (non-hydrogen) atoms. The highest BCUT2D eigenvalue weighted by Gasteiger charge is 2.39. The second-order valence-corrected chi connectivity index (χ2v) is 4.99. The van der Waals surface area contributed by atoms with E-state index in [-0.39, 0.29) is 11.3 Å². The number of ether oxygens (including phenoxy) is 1. The molecule has 1 heterocycles. The number of hydrogen-bond acceptors (Lipinski definition) is 2. The highest BCUT2D eigenvalue weighted by atomic mass is 16.5. The van der Waals surface area contributed by atoms with Crippen LogP contribution in [0.1, 0.15) is 53.4 Å². The fourth-order valence-corrected chi connectivity index (χ4v) is 1.97. The molecule has 2 heteroatoms. The minimum absolute atomic E-state index is 0.0708. The summed E-state index contributed by atoms with van der Waals surface area (Å²) in [7, 11) is 0. The first-order chi connectivity index (χ1) is 5.97. The normalized spacial score (nSPS) is 32.3. The molecule has 1 aliphatic heterocycles. The summed E-state index contributed by atoms with van der Waals surface area (Å²) in [6, 6.07) is 0. The van der Waals surface area contributed by atoms with Gasteiger partial charge in [0.1, 0.15) is 5.72 Å². The molecule has 0 aromatic rings. The van der Waals surface area contributed by atoms with E-state index in [9.17, 15) is 0 Å². The van der Waals surface area contributed by atoms with Crippen LogP contribution in [0.5, 0.6) is 0 Å². The van der Waals surface area contributed by atoms with Crippen LogP contribution in [0.25, 0.3) is 0 Å². The Labute approximate surface area is 82.0 Å². The molecule has 0 bridgehead atoms. The van der Waals surface area contributed by atoms with Gasteiger partial charge in [-0.3, -0.25) is 5.32 Å². The number of nitrogens with one attached hydrogen (secondary N) is 1. The van der Waals surface area contributed by atoms with Crippen LogP contribution in [0.4, 0.5) is 0 Å². The van der Waals surface area contributed by atoms with E-state index in [1.54, 1.807) is 0 Å². The molecule has 1 atom stereocenters. The van der Waals surface area contributed by atoms with Crippen LogP contribution in [0.3, 0.4) is 0 Å². The van der Waals surface area contributed by atoms with Gasteiger partial charge in [0.25, 0.3) is 0 Å². The first-order valence-electron chi connectivity index (χ1n) is 5.41. The van der Waals surface area contributed by atoms with Gasteiger partial charge in [0.05, 0.1) is 6.61 Å². The van der Waals surface area contributed by atoms with Crippen LogP contribution in [0, 0.1) is 0 Å². The standard InChI is InChI=1S/C11H23NO/c1-5-6-7-8-11(4)12-10(2,3)9-13-11/h12H,5-9H2,1-4H3/t11-/m1/s1. The van der Waals surface area contributed by atoms with Gasteiger partial charge in [-0.05, 0) is 33.6 Å². The molecule has 0 radical (unpaired) electrons. The Morgan fingerprint density at radius 2 is 1.92 bits per heavy atom. The van der Waals surface area contributed by atoms with Crippen molar-refractivity contribution in [3.63, 3.8) is 0 Å². The van der Waals surface area contributed by atoms with E-state index in [0.29, 0.717) is 0 Å². The SMILES string of the molecule is CCCCC[C@]1(C)NC(C)(C)CO1. The van der Waals surface area contributed by atoms with Crippen molar-refractivity contribution < 1.29 is 4.74 Å². The molecule has 0 saturated carbocycles. The molecule has 2 nitrogen and oxygen atoms in total. The molecule has 0 aromatic heterocycles. The average molecular weight is 185 g/mol.